The molecule has 1 saturated heterocycles. The van der Waals surface area contributed by atoms with Gasteiger partial charge in [0, 0.05) is 27.9 Å². The molecule has 1 fully saturated rings. The lowest BCUT2D eigenvalue weighted by atomic mass is 9.90. The molecule has 2 N–H and O–H groups in total. The summed E-state index contributed by atoms with van der Waals surface area (Å²) in [7, 11) is 0. The molecule has 41 heavy (non-hydrogen) atoms. The molecule has 0 aliphatic carbocycles. The van der Waals surface area contributed by atoms with E-state index in [1.807, 2.05) is 16.7 Å². The van der Waals surface area contributed by atoms with Crippen molar-refractivity contribution < 1.29 is 23.8 Å². The van der Waals surface area contributed by atoms with Gasteiger partial charge in [-0.15, -0.1) is 0 Å². The Balaban J connectivity index is 1.16. The maximum atomic E-state index is 14.3. The second-order valence-electron chi connectivity index (χ2n) is 10.1. The maximum Gasteiger partial charge on any atom is 0.217 e. The van der Waals surface area contributed by atoms with Crippen molar-refractivity contribution in [3.63, 3.8) is 0 Å². The third-order valence-corrected chi connectivity index (χ3v) is 7.73. The van der Waals surface area contributed by atoms with E-state index in [0.717, 1.165) is 48.4 Å². The molecule has 0 amide bonds. The lowest BCUT2D eigenvalue weighted by molar-refractivity contribution is -0.0424. The van der Waals surface area contributed by atoms with Crippen molar-refractivity contribution in [2.24, 2.45) is 0 Å². The molecular formula is C30H29ClFN5O4. The van der Waals surface area contributed by atoms with E-state index in [0.29, 0.717) is 41.0 Å². The van der Waals surface area contributed by atoms with Crippen molar-refractivity contribution in [1.82, 2.24) is 24.4 Å². The number of aliphatic hydroxyl groups is 2. The molecular weight excluding hydrogens is 549 g/mol. The number of ether oxygens (including phenoxy) is 1. The number of likely N-dealkylation sites (tertiary alicyclic amines) is 1. The molecule has 0 spiro atoms. The number of benzene rings is 2. The van der Waals surface area contributed by atoms with Gasteiger partial charge in [-0.3, -0.25) is 4.90 Å². The third-order valence-electron chi connectivity index (χ3n) is 7.50. The van der Waals surface area contributed by atoms with Crippen LogP contribution in [0.15, 0.2) is 71.6 Å². The number of pyridine rings is 1. The van der Waals surface area contributed by atoms with Gasteiger partial charge in [-0.05, 0) is 62.2 Å². The Hall–Kier alpha value is -3.83. The molecule has 0 saturated carbocycles. The maximum absolute atomic E-state index is 14.3. The predicted molar refractivity (Wildman–Crippen MR) is 150 cm³/mol. The number of hydrogen-bond acceptors (Lipinski definition) is 8. The van der Waals surface area contributed by atoms with Crippen LogP contribution in [0, 0.1) is 5.82 Å². The van der Waals surface area contributed by atoms with Crippen molar-refractivity contribution in [2.45, 2.75) is 44.7 Å². The van der Waals surface area contributed by atoms with Crippen LogP contribution in [0.3, 0.4) is 0 Å². The highest BCUT2D eigenvalue weighted by Gasteiger charge is 2.26. The van der Waals surface area contributed by atoms with Gasteiger partial charge in [-0.25, -0.2) is 19.3 Å². The molecule has 9 nitrogen and oxygen atoms in total. The van der Waals surface area contributed by atoms with Crippen molar-refractivity contribution in [2.75, 3.05) is 13.1 Å². The van der Waals surface area contributed by atoms with E-state index in [1.165, 1.54) is 12.3 Å². The van der Waals surface area contributed by atoms with Gasteiger partial charge >= 0.3 is 0 Å². The lowest BCUT2D eigenvalue weighted by Gasteiger charge is -2.32. The van der Waals surface area contributed by atoms with Crippen molar-refractivity contribution in [3.8, 4) is 5.88 Å². The Bertz CT molecular complexity index is 1630. The molecule has 5 aromatic rings. The van der Waals surface area contributed by atoms with Gasteiger partial charge in [0.1, 0.15) is 31.1 Å². The molecule has 0 bridgehead atoms. The Morgan fingerprint density at radius 2 is 1.90 bits per heavy atom. The number of aromatic nitrogens is 4. The SMILES string of the molecule is OC(O)c1ccc2nc(CN3CCC(c4cccnc4OCc4ccc(Cl)cc4F)CC3)n(Cc3ncco3)c2c1. The van der Waals surface area contributed by atoms with E-state index in [4.69, 9.17) is 25.7 Å². The molecule has 3 aromatic heterocycles. The van der Waals surface area contributed by atoms with E-state index in [-0.39, 0.29) is 12.5 Å². The fourth-order valence-corrected chi connectivity index (χ4v) is 5.49. The fraction of sp³-hybridized carbons (Fsp3) is 0.300. The summed E-state index contributed by atoms with van der Waals surface area (Å²) in [4.78, 5) is 15.9. The van der Waals surface area contributed by atoms with Crippen LogP contribution in [0.2, 0.25) is 5.02 Å². The lowest BCUT2D eigenvalue weighted by Crippen LogP contribution is -2.33. The van der Waals surface area contributed by atoms with Crippen LogP contribution in [-0.2, 0) is 19.7 Å². The molecule has 11 heteroatoms. The van der Waals surface area contributed by atoms with E-state index < -0.39 is 12.1 Å². The van der Waals surface area contributed by atoms with Crippen LogP contribution in [0.5, 0.6) is 5.88 Å². The number of oxazole rings is 1. The smallest absolute Gasteiger partial charge is 0.217 e. The van der Waals surface area contributed by atoms with Gasteiger partial charge in [0.05, 0.1) is 23.8 Å². The third kappa shape index (κ3) is 6.11. The second kappa shape index (κ2) is 12.0. The number of piperidine rings is 1. The van der Waals surface area contributed by atoms with Crippen LogP contribution in [-0.4, -0.2) is 47.7 Å². The first-order chi connectivity index (χ1) is 19.9. The monoisotopic (exact) mass is 577 g/mol. The van der Waals surface area contributed by atoms with E-state index in [2.05, 4.69) is 14.9 Å². The minimum atomic E-state index is -1.57. The Morgan fingerprint density at radius 3 is 2.66 bits per heavy atom. The molecule has 212 valence electrons. The van der Waals surface area contributed by atoms with Crippen LogP contribution in [0.1, 0.15) is 53.5 Å². The normalized spacial score (nSPS) is 14.8. The zero-order chi connectivity index (χ0) is 28.3. The van der Waals surface area contributed by atoms with Crippen LogP contribution >= 0.6 is 11.6 Å². The summed E-state index contributed by atoms with van der Waals surface area (Å²) < 4.78 is 27.7. The first-order valence-electron chi connectivity index (χ1n) is 13.4. The molecule has 0 atom stereocenters. The Morgan fingerprint density at radius 1 is 1.05 bits per heavy atom. The number of fused-ring (bicyclic) bond motifs is 1. The van der Waals surface area contributed by atoms with Gasteiger partial charge in [0.2, 0.25) is 11.8 Å². The largest absolute Gasteiger partial charge is 0.472 e. The van der Waals surface area contributed by atoms with Crippen molar-refractivity contribution in [1.29, 1.82) is 0 Å². The van der Waals surface area contributed by atoms with Gasteiger partial charge in [-0.2, -0.15) is 0 Å². The van der Waals surface area contributed by atoms with Crippen LogP contribution in [0.4, 0.5) is 4.39 Å². The zero-order valence-electron chi connectivity index (χ0n) is 22.2. The van der Waals surface area contributed by atoms with Crippen molar-refractivity contribution >= 4 is 22.6 Å². The highest BCUT2D eigenvalue weighted by atomic mass is 35.5. The van der Waals surface area contributed by atoms with Crippen molar-refractivity contribution in [3.05, 3.63) is 106 Å². The van der Waals surface area contributed by atoms with Crippen LogP contribution < -0.4 is 4.74 Å². The number of nitrogens with zero attached hydrogens (tertiary/aromatic N) is 5. The van der Waals surface area contributed by atoms with E-state index >= 15 is 0 Å². The summed E-state index contributed by atoms with van der Waals surface area (Å²) in [5.74, 6) is 1.76. The first kappa shape index (κ1) is 27.3. The fourth-order valence-electron chi connectivity index (χ4n) is 5.34. The average molecular weight is 578 g/mol. The summed E-state index contributed by atoms with van der Waals surface area (Å²) in [5.41, 5.74) is 3.39. The first-order valence-corrected chi connectivity index (χ1v) is 13.8. The van der Waals surface area contributed by atoms with E-state index in [1.54, 1.807) is 42.7 Å². The Kier molecular flexibility index (Phi) is 7.97. The minimum absolute atomic E-state index is 0.0711. The molecule has 6 rings (SSSR count). The summed E-state index contributed by atoms with van der Waals surface area (Å²) >= 11 is 5.87. The minimum Gasteiger partial charge on any atom is -0.472 e. The van der Waals surface area contributed by atoms with Gasteiger partial charge in [0.15, 0.2) is 6.29 Å². The number of hydrogen-bond donors (Lipinski definition) is 2. The zero-order valence-corrected chi connectivity index (χ0v) is 22.9. The summed E-state index contributed by atoms with van der Waals surface area (Å²) in [6, 6.07) is 13.7. The van der Waals surface area contributed by atoms with Gasteiger partial charge < -0.3 is 23.9 Å². The Labute approximate surface area is 240 Å². The molecule has 1 aliphatic heterocycles. The van der Waals surface area contributed by atoms with Gasteiger partial charge in [-0.1, -0.05) is 29.8 Å². The number of imidazole rings is 1. The number of rotatable bonds is 9. The predicted octanol–water partition coefficient (Wildman–Crippen LogP) is 5.20. The highest BCUT2D eigenvalue weighted by molar-refractivity contribution is 6.30. The summed E-state index contributed by atoms with van der Waals surface area (Å²) in [6.07, 6.45) is 5.05. The average Bonchev–Trinajstić information content (AvgIpc) is 3.61. The molecule has 0 unspecified atom stereocenters. The topological polar surface area (TPSA) is 110 Å². The quantitative estimate of drug-likeness (QED) is 0.230. The molecule has 2 aromatic carbocycles. The number of halogens is 2. The second-order valence-corrected chi connectivity index (χ2v) is 10.6. The number of aliphatic hydroxyl groups excluding tert-OH is 1. The highest BCUT2D eigenvalue weighted by Crippen LogP contribution is 2.34. The summed E-state index contributed by atoms with van der Waals surface area (Å²) in [6.45, 7) is 2.75. The molecule has 4 heterocycles. The van der Waals surface area contributed by atoms with Gasteiger partial charge in [0.25, 0.3) is 0 Å². The standard InChI is InChI=1S/C30H29ClFN5O4/c31-22-5-3-21(24(32)15-22)18-41-29-23(2-1-9-34-29)19-7-11-36(12-8-19)16-27-35-25-6-4-20(30(38)39)14-26(25)37(27)17-28-33-10-13-40-28/h1-6,9-10,13-15,19,30,38-39H,7-8,11-12,16-18H2. The molecule has 0 radical (unpaired) electrons. The van der Waals surface area contributed by atoms with E-state index in [9.17, 15) is 14.6 Å². The van der Waals surface area contributed by atoms with Crippen LogP contribution in [0.25, 0.3) is 11.0 Å². The molecule has 1 aliphatic rings. The summed E-state index contributed by atoms with van der Waals surface area (Å²) in [5, 5.41) is 19.8.